The normalized spacial score (nSPS) is 29.9. The van der Waals surface area contributed by atoms with Crippen molar-refractivity contribution in [2.24, 2.45) is 0 Å². The van der Waals surface area contributed by atoms with E-state index in [2.05, 4.69) is 15.0 Å². The van der Waals surface area contributed by atoms with Crippen molar-refractivity contribution < 1.29 is 39.5 Å². The Balaban J connectivity index is 2.42. The van der Waals surface area contributed by atoms with Gasteiger partial charge in [-0.05, 0) is 13.8 Å². The predicted octanol–water partition coefficient (Wildman–Crippen LogP) is -1.95. The Morgan fingerprint density at radius 3 is 2.36 bits per heavy atom. The van der Waals surface area contributed by atoms with Crippen LogP contribution in [0.4, 0.5) is 0 Å². The molecule has 150 valence electrons. The Morgan fingerprint density at radius 1 is 1.21 bits per heavy atom. The largest absolute Gasteiger partial charge is 0.492 e. The molecule has 0 radical (unpaired) electrons. The highest BCUT2D eigenvalue weighted by Crippen LogP contribution is 2.46. The lowest BCUT2D eigenvalue weighted by atomic mass is 9.80. The van der Waals surface area contributed by atoms with Crippen LogP contribution in [0.1, 0.15) is 31.4 Å². The smallest absolute Gasteiger partial charge is 0.246 e. The second-order valence-corrected chi connectivity index (χ2v) is 6.52. The number of nitrogens with zero attached hydrogens (tertiary/aromatic N) is 4. The molecule has 1 fully saturated rings. The van der Waals surface area contributed by atoms with Gasteiger partial charge in [0.2, 0.25) is 23.0 Å². The number of aliphatic hydroxyl groups excluding tert-OH is 2. The molecular formula is C16H18N4O8. The summed E-state index contributed by atoms with van der Waals surface area (Å²) < 4.78 is 6.36. The lowest BCUT2D eigenvalue weighted by Gasteiger charge is -2.38. The molecule has 4 atom stereocenters. The van der Waals surface area contributed by atoms with E-state index in [9.17, 15) is 34.8 Å². The molecule has 28 heavy (non-hydrogen) atoms. The minimum Gasteiger partial charge on any atom is -0.492 e. The number of carbonyl (C=O) groups excluding carboxylic acids is 3. The van der Waals surface area contributed by atoms with Gasteiger partial charge in [0.05, 0.1) is 6.61 Å². The van der Waals surface area contributed by atoms with Gasteiger partial charge >= 0.3 is 0 Å². The van der Waals surface area contributed by atoms with Gasteiger partial charge < -0.3 is 25.2 Å². The Kier molecular flexibility index (Phi) is 4.54. The van der Waals surface area contributed by atoms with Crippen molar-refractivity contribution in [3.63, 3.8) is 0 Å². The Morgan fingerprint density at radius 2 is 1.86 bits per heavy atom. The van der Waals surface area contributed by atoms with E-state index in [1.54, 1.807) is 0 Å². The number of hydrogen-bond acceptors (Lipinski definition) is 11. The molecule has 1 saturated heterocycles. The van der Waals surface area contributed by atoms with Crippen LogP contribution in [0.15, 0.2) is 6.33 Å². The van der Waals surface area contributed by atoms with Gasteiger partial charge in [-0.15, -0.1) is 0 Å². The van der Waals surface area contributed by atoms with E-state index in [1.165, 1.54) is 0 Å². The number of fused-ring (bicyclic) bond motifs is 1. The van der Waals surface area contributed by atoms with Gasteiger partial charge in [0, 0.05) is 6.92 Å². The number of carbonyl (C=O) groups is 3. The summed E-state index contributed by atoms with van der Waals surface area (Å²) in [6, 6.07) is 0. The van der Waals surface area contributed by atoms with Crippen LogP contribution in [-0.2, 0) is 20.1 Å². The molecular weight excluding hydrogens is 376 g/mol. The van der Waals surface area contributed by atoms with Gasteiger partial charge in [-0.1, -0.05) is 0 Å². The van der Waals surface area contributed by atoms with E-state index >= 15 is 0 Å². The molecule has 12 nitrogen and oxygen atoms in total. The van der Waals surface area contributed by atoms with E-state index in [1.807, 2.05) is 0 Å². The minimum atomic E-state index is -2.81. The zero-order valence-corrected chi connectivity index (χ0v) is 15.1. The van der Waals surface area contributed by atoms with Crippen molar-refractivity contribution in [3.05, 3.63) is 12.2 Å². The summed E-state index contributed by atoms with van der Waals surface area (Å²) in [6.45, 7) is 2.28. The monoisotopic (exact) mass is 394 g/mol. The van der Waals surface area contributed by atoms with Gasteiger partial charge in [0.15, 0.2) is 28.5 Å². The highest BCUT2D eigenvalue weighted by atomic mass is 16.6. The van der Waals surface area contributed by atoms with Crippen LogP contribution >= 0.6 is 0 Å². The first-order valence-corrected chi connectivity index (χ1v) is 8.19. The maximum atomic E-state index is 12.7. The highest BCUT2D eigenvalue weighted by Gasteiger charge is 2.72. The Labute approximate surface area is 157 Å². The van der Waals surface area contributed by atoms with Gasteiger partial charge in [-0.25, -0.2) is 9.97 Å². The second-order valence-electron chi connectivity index (χ2n) is 6.52. The van der Waals surface area contributed by atoms with Crippen molar-refractivity contribution in [3.8, 4) is 5.88 Å². The first kappa shape index (κ1) is 19.9. The summed E-state index contributed by atoms with van der Waals surface area (Å²) in [5, 5.41) is 41.1. The van der Waals surface area contributed by atoms with Crippen molar-refractivity contribution in [2.45, 2.75) is 44.3 Å². The Hall–Kier alpha value is -2.80. The molecule has 0 spiro atoms. The molecule has 2 aromatic rings. The third-order valence-electron chi connectivity index (χ3n) is 4.84. The minimum absolute atomic E-state index is 0.234. The fourth-order valence-electron chi connectivity index (χ4n) is 3.46. The number of Topliss-reactive ketones (excluding diaryl/α,β-unsaturated/α-hetero) is 3. The van der Waals surface area contributed by atoms with Crippen LogP contribution in [0.2, 0.25) is 0 Å². The molecule has 0 aliphatic carbocycles. The molecule has 0 saturated carbocycles. The summed E-state index contributed by atoms with van der Waals surface area (Å²) >= 11 is 0. The summed E-state index contributed by atoms with van der Waals surface area (Å²) in [5.74, 6) is -3.62. The fourth-order valence-corrected chi connectivity index (χ4v) is 3.46. The number of aromatic nitrogens is 4. The van der Waals surface area contributed by atoms with Crippen molar-refractivity contribution in [2.75, 3.05) is 6.61 Å². The van der Waals surface area contributed by atoms with Crippen molar-refractivity contribution >= 4 is 28.5 Å². The van der Waals surface area contributed by atoms with Crippen LogP contribution in [0.3, 0.4) is 0 Å². The standard InChI is InChI=1S/C16H18N4O8/c1-6(22)12-18-13-10(14(26)19-12)17-5-20(13)16(8(3)24)15(27,7(2)23)11(25)9(4-21)28-16/h5,9,11,21,25,27H,4H2,1-3H3,(H,18,19,26)/t9-,11-,15-,16-/m1/s1. The number of rotatable bonds is 5. The topological polar surface area (TPSA) is 185 Å². The van der Waals surface area contributed by atoms with Gasteiger partial charge in [0.25, 0.3) is 0 Å². The van der Waals surface area contributed by atoms with Crippen molar-refractivity contribution in [1.29, 1.82) is 0 Å². The van der Waals surface area contributed by atoms with Crippen LogP contribution in [-0.4, -0.2) is 81.7 Å². The molecule has 1 aliphatic heterocycles. The summed E-state index contributed by atoms with van der Waals surface area (Å²) in [7, 11) is 0. The van der Waals surface area contributed by atoms with E-state index < -0.39 is 59.2 Å². The van der Waals surface area contributed by atoms with E-state index in [4.69, 9.17) is 4.74 Å². The zero-order valence-electron chi connectivity index (χ0n) is 15.1. The molecule has 0 aromatic carbocycles. The van der Waals surface area contributed by atoms with E-state index in [0.717, 1.165) is 31.7 Å². The van der Waals surface area contributed by atoms with E-state index in [-0.39, 0.29) is 11.2 Å². The molecule has 0 amide bonds. The molecule has 0 unspecified atom stereocenters. The van der Waals surface area contributed by atoms with Crippen LogP contribution in [0, 0.1) is 0 Å². The summed E-state index contributed by atoms with van der Waals surface area (Å²) in [5.41, 5.74) is -5.90. The molecule has 0 bridgehead atoms. The fraction of sp³-hybridized carbons (Fsp3) is 0.500. The molecule has 2 aromatic heterocycles. The number of hydrogen-bond donors (Lipinski definition) is 4. The highest BCUT2D eigenvalue weighted by molar-refractivity contribution is 5.98. The van der Waals surface area contributed by atoms with E-state index in [0.29, 0.717) is 0 Å². The molecule has 1 aliphatic rings. The third kappa shape index (κ3) is 2.32. The lowest BCUT2D eigenvalue weighted by Crippen LogP contribution is -2.65. The molecule has 12 heteroatoms. The maximum absolute atomic E-state index is 12.7. The number of imidazole rings is 1. The maximum Gasteiger partial charge on any atom is 0.246 e. The lowest BCUT2D eigenvalue weighted by molar-refractivity contribution is -0.199. The number of ketones is 3. The number of ether oxygens (including phenoxy) is 1. The predicted molar refractivity (Wildman–Crippen MR) is 89.2 cm³/mol. The third-order valence-corrected chi connectivity index (χ3v) is 4.84. The average Bonchev–Trinajstić information content (AvgIpc) is 3.14. The number of aliphatic hydroxyl groups is 3. The second kappa shape index (κ2) is 6.38. The summed E-state index contributed by atoms with van der Waals surface area (Å²) in [4.78, 5) is 48.1. The number of aromatic hydroxyl groups is 1. The van der Waals surface area contributed by atoms with Crippen LogP contribution < -0.4 is 0 Å². The Bertz CT molecular complexity index is 1000. The first-order chi connectivity index (χ1) is 13.0. The van der Waals surface area contributed by atoms with Gasteiger partial charge in [-0.2, -0.15) is 4.98 Å². The quantitative estimate of drug-likeness (QED) is 0.413. The van der Waals surface area contributed by atoms with Gasteiger partial charge in [-0.3, -0.25) is 19.0 Å². The molecule has 4 N–H and O–H groups in total. The molecule has 3 rings (SSSR count). The SMILES string of the molecule is CC(=O)c1nc(O)c2ncn([C@]3(C(C)=O)O[C@H](CO)[C@@H](O)[C@]3(O)C(C)=O)c2n1. The zero-order chi connectivity index (χ0) is 21.0. The van der Waals surface area contributed by atoms with Crippen LogP contribution in [0.25, 0.3) is 11.2 Å². The van der Waals surface area contributed by atoms with Crippen LogP contribution in [0.5, 0.6) is 5.88 Å². The van der Waals surface area contributed by atoms with Gasteiger partial charge in [0.1, 0.15) is 18.5 Å². The summed E-state index contributed by atoms with van der Waals surface area (Å²) in [6.07, 6.45) is -2.50. The average molecular weight is 394 g/mol. The first-order valence-electron chi connectivity index (χ1n) is 8.19. The molecule has 3 heterocycles. The van der Waals surface area contributed by atoms with Crippen molar-refractivity contribution in [1.82, 2.24) is 19.5 Å².